The Labute approximate surface area is 113 Å². The molecule has 0 fully saturated rings. The van der Waals surface area contributed by atoms with Gasteiger partial charge in [-0.05, 0) is 30.0 Å². The van der Waals surface area contributed by atoms with Gasteiger partial charge in [0.15, 0.2) is 0 Å². The van der Waals surface area contributed by atoms with Gasteiger partial charge in [-0.25, -0.2) is 9.97 Å². The Hall–Kier alpha value is -0.560. The van der Waals surface area contributed by atoms with Gasteiger partial charge in [-0.15, -0.1) is 0 Å². The molecule has 17 heavy (non-hydrogen) atoms. The standard InChI is InChI=1S/C9H12Cl2N4OS/c1-17-3-2-5(12)8(16)14-7-4-6(10)13-9(11)15-7/h4-5H,2-3,12H2,1H3,(H,13,14,15,16)/t5-/m0/s1. The molecule has 8 heteroatoms. The van der Waals surface area contributed by atoms with E-state index in [2.05, 4.69) is 15.3 Å². The second-order valence-electron chi connectivity index (χ2n) is 3.22. The molecule has 1 atom stereocenters. The first-order valence-corrected chi connectivity index (χ1v) is 6.93. The first-order chi connectivity index (χ1) is 8.02. The van der Waals surface area contributed by atoms with Crippen LogP contribution in [0.15, 0.2) is 6.07 Å². The van der Waals surface area contributed by atoms with Crippen molar-refractivity contribution in [1.29, 1.82) is 0 Å². The summed E-state index contributed by atoms with van der Waals surface area (Å²) in [4.78, 5) is 19.1. The van der Waals surface area contributed by atoms with Gasteiger partial charge >= 0.3 is 0 Å². The first-order valence-electron chi connectivity index (χ1n) is 4.78. The number of hydrogen-bond acceptors (Lipinski definition) is 5. The van der Waals surface area contributed by atoms with E-state index in [1.54, 1.807) is 11.8 Å². The zero-order chi connectivity index (χ0) is 12.8. The van der Waals surface area contributed by atoms with E-state index in [1.807, 2.05) is 6.26 Å². The maximum absolute atomic E-state index is 11.6. The lowest BCUT2D eigenvalue weighted by Crippen LogP contribution is -2.36. The molecule has 1 aromatic rings. The van der Waals surface area contributed by atoms with E-state index < -0.39 is 6.04 Å². The Bertz CT molecular complexity index is 384. The Morgan fingerprint density at radius 2 is 2.29 bits per heavy atom. The van der Waals surface area contributed by atoms with Crippen molar-refractivity contribution in [1.82, 2.24) is 9.97 Å². The van der Waals surface area contributed by atoms with E-state index in [-0.39, 0.29) is 22.2 Å². The van der Waals surface area contributed by atoms with Gasteiger partial charge in [0, 0.05) is 6.07 Å². The molecule has 94 valence electrons. The highest BCUT2D eigenvalue weighted by Gasteiger charge is 2.14. The highest BCUT2D eigenvalue weighted by atomic mass is 35.5. The Morgan fingerprint density at radius 3 is 2.88 bits per heavy atom. The predicted molar refractivity (Wildman–Crippen MR) is 71.7 cm³/mol. The number of nitrogens with zero attached hydrogens (tertiary/aromatic N) is 2. The molecule has 1 aromatic heterocycles. The number of thioether (sulfide) groups is 1. The summed E-state index contributed by atoms with van der Waals surface area (Å²) in [5, 5.41) is 2.68. The molecule has 0 aliphatic carbocycles. The number of aromatic nitrogens is 2. The number of carbonyl (C=O) groups is 1. The summed E-state index contributed by atoms with van der Waals surface area (Å²) < 4.78 is 0. The van der Waals surface area contributed by atoms with E-state index in [0.717, 1.165) is 5.75 Å². The minimum absolute atomic E-state index is 0.0227. The van der Waals surface area contributed by atoms with Gasteiger partial charge in [-0.3, -0.25) is 4.79 Å². The van der Waals surface area contributed by atoms with Crippen LogP contribution in [0.4, 0.5) is 5.82 Å². The fourth-order valence-corrected chi connectivity index (χ4v) is 1.95. The van der Waals surface area contributed by atoms with Crippen LogP contribution in [0.5, 0.6) is 0 Å². The highest BCUT2D eigenvalue weighted by Crippen LogP contribution is 2.14. The summed E-state index contributed by atoms with van der Waals surface area (Å²) in [6.45, 7) is 0. The van der Waals surface area contributed by atoms with Crippen molar-refractivity contribution in [3.63, 3.8) is 0 Å². The summed E-state index contributed by atoms with van der Waals surface area (Å²) in [6.07, 6.45) is 2.55. The molecule has 3 N–H and O–H groups in total. The number of carbonyl (C=O) groups excluding carboxylic acids is 1. The number of amides is 1. The summed E-state index contributed by atoms with van der Waals surface area (Å²) >= 11 is 12.9. The third-order valence-electron chi connectivity index (χ3n) is 1.89. The molecular weight excluding hydrogens is 283 g/mol. The largest absolute Gasteiger partial charge is 0.320 e. The van der Waals surface area contributed by atoms with Gasteiger partial charge in [0.25, 0.3) is 0 Å². The molecule has 1 heterocycles. The molecule has 1 rings (SSSR count). The number of nitrogens with two attached hydrogens (primary N) is 1. The normalized spacial score (nSPS) is 12.2. The Morgan fingerprint density at radius 1 is 1.59 bits per heavy atom. The molecule has 5 nitrogen and oxygen atoms in total. The van der Waals surface area contributed by atoms with Crippen LogP contribution in [0, 0.1) is 0 Å². The topological polar surface area (TPSA) is 80.9 Å². The van der Waals surface area contributed by atoms with Crippen molar-refractivity contribution in [3.8, 4) is 0 Å². The fraction of sp³-hybridized carbons (Fsp3) is 0.444. The maximum atomic E-state index is 11.6. The van der Waals surface area contributed by atoms with Crippen LogP contribution >= 0.6 is 35.0 Å². The summed E-state index contributed by atoms with van der Waals surface area (Å²) in [7, 11) is 0. The van der Waals surface area contributed by atoms with Crippen molar-refractivity contribution >= 4 is 46.7 Å². The van der Waals surface area contributed by atoms with Gasteiger partial charge in [0.1, 0.15) is 11.0 Å². The van der Waals surface area contributed by atoms with Crippen LogP contribution in [0.1, 0.15) is 6.42 Å². The molecule has 0 unspecified atom stereocenters. The summed E-state index contributed by atoms with van der Waals surface area (Å²) in [5.74, 6) is 0.754. The zero-order valence-corrected chi connectivity index (χ0v) is 11.4. The van der Waals surface area contributed by atoms with E-state index >= 15 is 0 Å². The van der Waals surface area contributed by atoms with E-state index in [0.29, 0.717) is 6.42 Å². The van der Waals surface area contributed by atoms with Crippen LogP contribution < -0.4 is 11.1 Å². The number of halogens is 2. The minimum atomic E-state index is -0.574. The molecule has 0 aliphatic heterocycles. The van der Waals surface area contributed by atoms with E-state index in [4.69, 9.17) is 28.9 Å². The van der Waals surface area contributed by atoms with Crippen LogP contribution in [0.25, 0.3) is 0 Å². The molecule has 0 spiro atoms. The lowest BCUT2D eigenvalue weighted by molar-refractivity contribution is -0.117. The van der Waals surface area contributed by atoms with Gasteiger partial charge in [0.05, 0.1) is 6.04 Å². The van der Waals surface area contributed by atoms with Crippen LogP contribution in [-0.4, -0.2) is 33.9 Å². The second-order valence-corrected chi connectivity index (χ2v) is 4.93. The number of hydrogen-bond donors (Lipinski definition) is 2. The third-order valence-corrected chi connectivity index (χ3v) is 2.90. The molecule has 0 saturated heterocycles. The average Bonchev–Trinajstić information content (AvgIpc) is 2.24. The van der Waals surface area contributed by atoms with Gasteiger partial charge in [-0.2, -0.15) is 11.8 Å². The molecule has 0 bridgehead atoms. The molecule has 0 aromatic carbocycles. The van der Waals surface area contributed by atoms with Crippen molar-refractivity contribution < 1.29 is 4.79 Å². The maximum Gasteiger partial charge on any atom is 0.242 e. The van der Waals surface area contributed by atoms with E-state index in [1.165, 1.54) is 6.07 Å². The van der Waals surface area contributed by atoms with Crippen molar-refractivity contribution in [2.75, 3.05) is 17.3 Å². The fourth-order valence-electron chi connectivity index (χ4n) is 1.05. The van der Waals surface area contributed by atoms with Crippen LogP contribution in [0.3, 0.4) is 0 Å². The zero-order valence-electron chi connectivity index (χ0n) is 9.11. The number of nitrogens with one attached hydrogen (secondary N) is 1. The van der Waals surface area contributed by atoms with Crippen molar-refractivity contribution in [3.05, 3.63) is 16.5 Å². The van der Waals surface area contributed by atoms with Crippen LogP contribution in [-0.2, 0) is 4.79 Å². The molecule has 1 amide bonds. The summed E-state index contributed by atoms with van der Waals surface area (Å²) in [5.41, 5.74) is 5.69. The third kappa shape index (κ3) is 5.08. The van der Waals surface area contributed by atoms with Gasteiger partial charge in [-0.1, -0.05) is 11.6 Å². The first kappa shape index (κ1) is 14.5. The quantitative estimate of drug-likeness (QED) is 0.639. The predicted octanol–water partition coefficient (Wildman–Crippen LogP) is 1.80. The van der Waals surface area contributed by atoms with Gasteiger partial charge < -0.3 is 11.1 Å². The minimum Gasteiger partial charge on any atom is -0.320 e. The molecule has 0 radical (unpaired) electrons. The monoisotopic (exact) mass is 294 g/mol. The second kappa shape index (κ2) is 7.00. The highest BCUT2D eigenvalue weighted by molar-refractivity contribution is 7.98. The van der Waals surface area contributed by atoms with Crippen LogP contribution in [0.2, 0.25) is 10.4 Å². The molecule has 0 saturated carbocycles. The smallest absolute Gasteiger partial charge is 0.242 e. The Kier molecular flexibility index (Phi) is 5.97. The number of anilines is 1. The molecule has 0 aliphatic rings. The number of rotatable bonds is 5. The average molecular weight is 295 g/mol. The Balaban J connectivity index is 2.61. The van der Waals surface area contributed by atoms with Crippen molar-refractivity contribution in [2.24, 2.45) is 5.73 Å². The van der Waals surface area contributed by atoms with E-state index in [9.17, 15) is 4.79 Å². The van der Waals surface area contributed by atoms with Crippen molar-refractivity contribution in [2.45, 2.75) is 12.5 Å². The molecular formula is C9H12Cl2N4OS. The lowest BCUT2D eigenvalue weighted by Gasteiger charge is -2.11. The SMILES string of the molecule is CSCC[C@H](N)C(=O)Nc1cc(Cl)nc(Cl)n1. The summed E-state index contributed by atoms with van der Waals surface area (Å²) in [6, 6.07) is 0.835. The lowest BCUT2D eigenvalue weighted by atomic mass is 10.2. The van der Waals surface area contributed by atoms with Gasteiger partial charge in [0.2, 0.25) is 11.2 Å².